The van der Waals surface area contributed by atoms with E-state index in [2.05, 4.69) is 21.2 Å². The lowest BCUT2D eigenvalue weighted by atomic mass is 10.0. The van der Waals surface area contributed by atoms with E-state index in [0.717, 1.165) is 55.3 Å². The Balaban J connectivity index is 1.46. The Kier molecular flexibility index (Phi) is 6.38. The highest BCUT2D eigenvalue weighted by molar-refractivity contribution is 5.75. The molecule has 1 N–H and O–H groups in total. The topological polar surface area (TPSA) is 54.0 Å². The minimum absolute atomic E-state index is 0.0515. The first-order chi connectivity index (χ1) is 14.6. The number of ether oxygens (including phenoxy) is 2. The lowest BCUT2D eigenvalue weighted by molar-refractivity contribution is -0.121. The molecule has 2 aliphatic heterocycles. The smallest absolute Gasteiger partial charge is 0.231 e. The molecule has 2 heterocycles. The van der Waals surface area contributed by atoms with Crippen LogP contribution in [0, 0.1) is 5.82 Å². The first-order valence-corrected chi connectivity index (χ1v) is 10.5. The van der Waals surface area contributed by atoms with Crippen LogP contribution in [0.5, 0.6) is 11.5 Å². The Morgan fingerprint density at radius 3 is 2.53 bits per heavy atom. The van der Waals surface area contributed by atoms with Crippen molar-refractivity contribution >= 4 is 11.6 Å². The van der Waals surface area contributed by atoms with Gasteiger partial charge in [0.1, 0.15) is 5.82 Å². The predicted molar refractivity (Wildman–Crippen MR) is 113 cm³/mol. The first-order valence-electron chi connectivity index (χ1n) is 10.5. The van der Waals surface area contributed by atoms with Crippen molar-refractivity contribution in [2.24, 2.45) is 0 Å². The molecular weight excluding hydrogens is 385 g/mol. The SMILES string of the molecule is CCCC(=O)NC[C@H](c1ccc2c(c1)OCO2)N1CCN(c2ccc(F)cc2)CC1. The molecule has 6 nitrogen and oxygen atoms in total. The molecule has 160 valence electrons. The average Bonchev–Trinajstić information content (AvgIpc) is 3.23. The van der Waals surface area contributed by atoms with Gasteiger partial charge < -0.3 is 19.7 Å². The molecule has 0 radical (unpaired) electrons. The van der Waals surface area contributed by atoms with Gasteiger partial charge in [0, 0.05) is 44.8 Å². The van der Waals surface area contributed by atoms with Crippen LogP contribution in [0.15, 0.2) is 42.5 Å². The molecule has 1 amide bonds. The van der Waals surface area contributed by atoms with E-state index < -0.39 is 0 Å². The monoisotopic (exact) mass is 413 g/mol. The number of piperazine rings is 1. The van der Waals surface area contributed by atoms with Crippen LogP contribution < -0.4 is 19.7 Å². The number of halogens is 1. The van der Waals surface area contributed by atoms with Crippen LogP contribution in [-0.4, -0.2) is 50.3 Å². The molecule has 4 rings (SSSR count). The van der Waals surface area contributed by atoms with Crippen LogP contribution in [0.3, 0.4) is 0 Å². The summed E-state index contributed by atoms with van der Waals surface area (Å²) in [6.45, 7) is 6.18. The number of hydrogen-bond acceptors (Lipinski definition) is 5. The fraction of sp³-hybridized carbons (Fsp3) is 0.435. The number of nitrogens with one attached hydrogen (secondary N) is 1. The number of benzene rings is 2. The van der Waals surface area contributed by atoms with Crippen LogP contribution in [0.2, 0.25) is 0 Å². The third kappa shape index (κ3) is 4.67. The molecule has 7 heteroatoms. The summed E-state index contributed by atoms with van der Waals surface area (Å²) in [5, 5.41) is 3.09. The average molecular weight is 413 g/mol. The molecule has 30 heavy (non-hydrogen) atoms. The molecule has 0 aliphatic carbocycles. The normalized spacial score (nSPS) is 17.1. The molecule has 1 saturated heterocycles. The highest BCUT2D eigenvalue weighted by atomic mass is 19.1. The number of hydrogen-bond donors (Lipinski definition) is 1. The van der Waals surface area contributed by atoms with E-state index >= 15 is 0 Å². The molecule has 1 fully saturated rings. The summed E-state index contributed by atoms with van der Waals surface area (Å²) in [6.07, 6.45) is 1.36. The molecule has 2 aromatic rings. The minimum Gasteiger partial charge on any atom is -0.454 e. The van der Waals surface area contributed by atoms with E-state index in [1.54, 1.807) is 0 Å². The Morgan fingerprint density at radius 1 is 1.07 bits per heavy atom. The van der Waals surface area contributed by atoms with Crippen LogP contribution in [0.4, 0.5) is 10.1 Å². The highest BCUT2D eigenvalue weighted by Gasteiger charge is 2.27. The second kappa shape index (κ2) is 9.34. The summed E-state index contributed by atoms with van der Waals surface area (Å²) in [5.74, 6) is 1.37. The minimum atomic E-state index is -0.219. The molecule has 0 spiro atoms. The third-order valence-electron chi connectivity index (χ3n) is 5.70. The zero-order chi connectivity index (χ0) is 20.9. The Bertz CT molecular complexity index is 866. The molecule has 0 unspecified atom stereocenters. The standard InChI is InChI=1S/C23H28FN3O3/c1-2-3-23(28)25-15-20(17-4-9-21-22(14-17)30-16-29-21)27-12-10-26(11-13-27)19-7-5-18(24)6-8-19/h4-9,14,20H,2-3,10-13,15-16H2,1H3,(H,25,28)/t20-/m1/s1. The summed E-state index contributed by atoms with van der Waals surface area (Å²) >= 11 is 0. The quantitative estimate of drug-likeness (QED) is 0.755. The molecule has 2 aliphatic rings. The van der Waals surface area contributed by atoms with Crippen molar-refractivity contribution in [1.82, 2.24) is 10.2 Å². The third-order valence-corrected chi connectivity index (χ3v) is 5.70. The fourth-order valence-electron chi connectivity index (χ4n) is 4.05. The number of carbonyl (C=O) groups excluding carboxylic acids is 1. The molecular formula is C23H28FN3O3. The first kappa shape index (κ1) is 20.5. The van der Waals surface area contributed by atoms with Crippen molar-refractivity contribution < 1.29 is 18.7 Å². The van der Waals surface area contributed by atoms with Crippen LogP contribution in [0.1, 0.15) is 31.4 Å². The second-order valence-corrected chi connectivity index (χ2v) is 7.68. The van der Waals surface area contributed by atoms with Gasteiger partial charge in [-0.05, 0) is 48.4 Å². The number of amides is 1. The number of carbonyl (C=O) groups is 1. The van der Waals surface area contributed by atoms with E-state index in [9.17, 15) is 9.18 Å². The summed E-state index contributed by atoms with van der Waals surface area (Å²) in [7, 11) is 0. The van der Waals surface area contributed by atoms with Gasteiger partial charge in [-0.15, -0.1) is 0 Å². The highest BCUT2D eigenvalue weighted by Crippen LogP contribution is 2.35. The lowest BCUT2D eigenvalue weighted by Crippen LogP contribution is -2.50. The van der Waals surface area contributed by atoms with Crippen LogP contribution >= 0.6 is 0 Å². The molecule has 0 saturated carbocycles. The fourth-order valence-corrected chi connectivity index (χ4v) is 4.05. The van der Waals surface area contributed by atoms with Gasteiger partial charge in [0.2, 0.25) is 12.7 Å². The number of rotatable bonds is 7. The maximum Gasteiger partial charge on any atom is 0.231 e. The van der Waals surface area contributed by atoms with Crippen molar-refractivity contribution in [3.05, 3.63) is 53.8 Å². The zero-order valence-corrected chi connectivity index (χ0v) is 17.3. The van der Waals surface area contributed by atoms with E-state index in [0.29, 0.717) is 13.0 Å². The van der Waals surface area contributed by atoms with Gasteiger partial charge in [0.15, 0.2) is 11.5 Å². The van der Waals surface area contributed by atoms with E-state index in [1.807, 2.05) is 31.2 Å². The van der Waals surface area contributed by atoms with E-state index in [-0.39, 0.29) is 24.6 Å². The predicted octanol–water partition coefficient (Wildman–Crippen LogP) is 3.33. The zero-order valence-electron chi connectivity index (χ0n) is 17.3. The molecule has 0 bridgehead atoms. The Morgan fingerprint density at radius 2 is 1.80 bits per heavy atom. The molecule has 1 atom stereocenters. The number of nitrogens with zero attached hydrogens (tertiary/aromatic N) is 2. The Labute approximate surface area is 176 Å². The largest absolute Gasteiger partial charge is 0.454 e. The number of fused-ring (bicyclic) bond motifs is 1. The maximum absolute atomic E-state index is 13.2. The van der Waals surface area contributed by atoms with Crippen molar-refractivity contribution in [3.63, 3.8) is 0 Å². The number of anilines is 1. The molecule has 0 aromatic heterocycles. The second-order valence-electron chi connectivity index (χ2n) is 7.68. The van der Waals surface area contributed by atoms with Gasteiger partial charge in [-0.3, -0.25) is 9.69 Å². The summed E-state index contributed by atoms with van der Waals surface area (Å²) < 4.78 is 24.2. The van der Waals surface area contributed by atoms with Crippen molar-refractivity contribution in [2.45, 2.75) is 25.8 Å². The van der Waals surface area contributed by atoms with E-state index in [1.165, 1.54) is 12.1 Å². The van der Waals surface area contributed by atoms with Gasteiger partial charge in [-0.2, -0.15) is 0 Å². The van der Waals surface area contributed by atoms with Crippen LogP contribution in [-0.2, 0) is 4.79 Å². The van der Waals surface area contributed by atoms with Gasteiger partial charge in [0.05, 0.1) is 6.04 Å². The van der Waals surface area contributed by atoms with E-state index in [4.69, 9.17) is 9.47 Å². The van der Waals surface area contributed by atoms with Gasteiger partial charge in [0.25, 0.3) is 0 Å². The molecule has 2 aromatic carbocycles. The van der Waals surface area contributed by atoms with Gasteiger partial charge >= 0.3 is 0 Å². The maximum atomic E-state index is 13.2. The van der Waals surface area contributed by atoms with Gasteiger partial charge in [-0.1, -0.05) is 13.0 Å². The van der Waals surface area contributed by atoms with Crippen molar-refractivity contribution in [3.8, 4) is 11.5 Å². The van der Waals surface area contributed by atoms with Gasteiger partial charge in [-0.25, -0.2) is 4.39 Å². The van der Waals surface area contributed by atoms with Crippen molar-refractivity contribution in [2.75, 3.05) is 44.4 Å². The van der Waals surface area contributed by atoms with Crippen molar-refractivity contribution in [1.29, 1.82) is 0 Å². The lowest BCUT2D eigenvalue weighted by Gasteiger charge is -2.40. The summed E-state index contributed by atoms with van der Waals surface area (Å²) in [6, 6.07) is 12.7. The van der Waals surface area contributed by atoms with Crippen LogP contribution in [0.25, 0.3) is 0 Å². The Hall–Kier alpha value is -2.80. The summed E-state index contributed by atoms with van der Waals surface area (Å²) in [5.41, 5.74) is 2.14. The summed E-state index contributed by atoms with van der Waals surface area (Å²) in [4.78, 5) is 16.8.